The summed E-state index contributed by atoms with van der Waals surface area (Å²) in [5.41, 5.74) is 9.79. The third-order valence-corrected chi connectivity index (χ3v) is 5.87. The van der Waals surface area contributed by atoms with Gasteiger partial charge in [-0.3, -0.25) is 9.59 Å². The Kier molecular flexibility index (Phi) is 8.75. The van der Waals surface area contributed by atoms with Crippen molar-refractivity contribution in [3.8, 4) is 0 Å². The number of benzene rings is 3. The highest BCUT2D eigenvalue weighted by atomic mass is 16.4. The molecule has 0 aliphatic carbocycles. The molecule has 0 radical (unpaired) electrons. The smallest absolute Gasteiger partial charge is 0.335 e. The van der Waals surface area contributed by atoms with Crippen molar-refractivity contribution in [2.45, 2.75) is 39.3 Å². The van der Waals surface area contributed by atoms with Crippen LogP contribution in [0.15, 0.2) is 72.8 Å². The summed E-state index contributed by atoms with van der Waals surface area (Å²) < 4.78 is 0. The predicted molar refractivity (Wildman–Crippen MR) is 136 cm³/mol. The molecule has 1 heterocycles. The molecule has 4 rings (SSSR count). The molecular formula is C28H31N3O4. The zero-order chi connectivity index (χ0) is 25.4. The van der Waals surface area contributed by atoms with E-state index in [-0.39, 0.29) is 17.4 Å². The number of hydrogen-bond donors (Lipinski definition) is 3. The first-order valence-corrected chi connectivity index (χ1v) is 11.8. The number of fused-ring (bicyclic) bond motifs is 1. The maximum atomic E-state index is 13.4. The van der Waals surface area contributed by atoms with Gasteiger partial charge in [-0.1, -0.05) is 56.3 Å². The lowest BCUT2D eigenvalue weighted by Gasteiger charge is -2.35. The molecule has 0 aromatic heterocycles. The van der Waals surface area contributed by atoms with Crippen molar-refractivity contribution in [3.05, 3.63) is 101 Å². The first-order chi connectivity index (χ1) is 17.0. The van der Waals surface area contributed by atoms with Gasteiger partial charge in [0.05, 0.1) is 5.56 Å². The molecule has 0 saturated carbocycles. The minimum absolute atomic E-state index is 0.133. The van der Waals surface area contributed by atoms with Gasteiger partial charge in [0.25, 0.3) is 5.91 Å². The molecule has 3 aromatic rings. The van der Waals surface area contributed by atoms with Crippen LogP contribution in [0, 0.1) is 0 Å². The number of rotatable bonds is 7. The van der Waals surface area contributed by atoms with Crippen molar-refractivity contribution >= 4 is 23.5 Å². The van der Waals surface area contributed by atoms with Gasteiger partial charge in [0.1, 0.15) is 6.04 Å². The molecule has 182 valence electrons. The Morgan fingerprint density at radius 2 is 1.69 bits per heavy atom. The van der Waals surface area contributed by atoms with E-state index in [0.29, 0.717) is 37.2 Å². The number of anilines is 1. The Morgan fingerprint density at radius 1 is 1.00 bits per heavy atom. The van der Waals surface area contributed by atoms with Crippen LogP contribution >= 0.6 is 0 Å². The molecule has 1 atom stereocenters. The number of carbonyl (C=O) groups is 3. The van der Waals surface area contributed by atoms with E-state index in [9.17, 15) is 14.4 Å². The number of amides is 2. The van der Waals surface area contributed by atoms with E-state index in [2.05, 4.69) is 5.32 Å². The Labute approximate surface area is 205 Å². The largest absolute Gasteiger partial charge is 0.478 e. The molecule has 3 aromatic carbocycles. The average Bonchev–Trinajstić information content (AvgIpc) is 2.89. The molecule has 0 spiro atoms. The number of hydrogen-bond acceptors (Lipinski definition) is 4. The summed E-state index contributed by atoms with van der Waals surface area (Å²) in [5, 5.41) is 11.9. The summed E-state index contributed by atoms with van der Waals surface area (Å²) in [6.07, 6.45) is 1.00. The van der Waals surface area contributed by atoms with Crippen LogP contribution in [-0.4, -0.2) is 40.4 Å². The standard InChI is InChI=1S/C26H25N3O4.C2H6/c27-16-18-6-11-22-20(14-18)12-13-29(25(22)31)23(15-17-4-2-1-3-5-17)24(30)28-21-9-7-19(8-10-21)26(32)33;1-2/h1-11,14,23H,12-13,15-16,27H2,(H,28,30)(H,32,33);1-2H3. The van der Waals surface area contributed by atoms with E-state index >= 15 is 0 Å². The number of nitrogens with two attached hydrogens (primary N) is 1. The Hall–Kier alpha value is -3.97. The SMILES string of the molecule is CC.NCc1ccc2c(c1)CCN(C(Cc1ccccc1)C(=O)Nc1ccc(C(=O)O)cc1)C2=O. The van der Waals surface area contributed by atoms with Crippen LogP contribution < -0.4 is 11.1 Å². The number of nitrogens with one attached hydrogen (secondary N) is 1. The Balaban J connectivity index is 0.00000167. The Morgan fingerprint density at radius 3 is 2.31 bits per heavy atom. The van der Waals surface area contributed by atoms with Crippen LogP contribution in [0.5, 0.6) is 0 Å². The van der Waals surface area contributed by atoms with E-state index in [1.54, 1.807) is 23.1 Å². The van der Waals surface area contributed by atoms with Crippen molar-refractivity contribution in [3.63, 3.8) is 0 Å². The first-order valence-electron chi connectivity index (χ1n) is 11.8. The summed E-state index contributed by atoms with van der Waals surface area (Å²) in [6, 6.07) is 20.4. The number of aromatic carboxylic acids is 1. The number of nitrogens with zero attached hydrogens (tertiary/aromatic N) is 1. The van der Waals surface area contributed by atoms with Gasteiger partial charge in [-0.05, 0) is 53.4 Å². The van der Waals surface area contributed by atoms with Gasteiger partial charge >= 0.3 is 5.97 Å². The highest BCUT2D eigenvalue weighted by molar-refractivity contribution is 6.02. The lowest BCUT2D eigenvalue weighted by molar-refractivity contribution is -0.120. The third kappa shape index (κ3) is 6.13. The summed E-state index contributed by atoms with van der Waals surface area (Å²) in [4.78, 5) is 39.4. The van der Waals surface area contributed by atoms with Gasteiger partial charge in [0.2, 0.25) is 5.91 Å². The van der Waals surface area contributed by atoms with Crippen LogP contribution in [0.25, 0.3) is 0 Å². The van der Waals surface area contributed by atoms with E-state index in [1.165, 1.54) is 12.1 Å². The zero-order valence-electron chi connectivity index (χ0n) is 20.0. The van der Waals surface area contributed by atoms with Crippen molar-refractivity contribution in [1.29, 1.82) is 0 Å². The van der Waals surface area contributed by atoms with Gasteiger partial charge in [-0.2, -0.15) is 0 Å². The molecule has 0 fully saturated rings. The maximum absolute atomic E-state index is 13.4. The predicted octanol–water partition coefficient (Wildman–Crippen LogP) is 4.12. The number of carbonyl (C=O) groups excluding carboxylic acids is 2. The fourth-order valence-electron chi connectivity index (χ4n) is 4.09. The molecule has 35 heavy (non-hydrogen) atoms. The second-order valence-electron chi connectivity index (χ2n) is 8.02. The topological polar surface area (TPSA) is 113 Å². The maximum Gasteiger partial charge on any atom is 0.335 e. The molecule has 2 amide bonds. The quantitative estimate of drug-likeness (QED) is 0.478. The van der Waals surface area contributed by atoms with Crippen molar-refractivity contribution in [1.82, 2.24) is 4.90 Å². The normalized spacial score (nSPS) is 13.2. The lowest BCUT2D eigenvalue weighted by atomic mass is 9.94. The summed E-state index contributed by atoms with van der Waals surface area (Å²) >= 11 is 0. The molecule has 0 saturated heterocycles. The van der Waals surface area contributed by atoms with E-state index in [4.69, 9.17) is 10.8 Å². The molecule has 7 nitrogen and oxygen atoms in total. The van der Waals surface area contributed by atoms with Crippen molar-refractivity contribution in [2.75, 3.05) is 11.9 Å². The third-order valence-electron chi connectivity index (χ3n) is 5.87. The van der Waals surface area contributed by atoms with Crippen LogP contribution in [0.3, 0.4) is 0 Å². The molecule has 1 aliphatic heterocycles. The minimum Gasteiger partial charge on any atom is -0.478 e. The average molecular weight is 474 g/mol. The highest BCUT2D eigenvalue weighted by Crippen LogP contribution is 2.24. The van der Waals surface area contributed by atoms with Crippen LogP contribution in [0.4, 0.5) is 5.69 Å². The van der Waals surface area contributed by atoms with Crippen LogP contribution in [0.1, 0.15) is 51.3 Å². The van der Waals surface area contributed by atoms with Gasteiger partial charge in [-0.25, -0.2) is 4.79 Å². The van der Waals surface area contributed by atoms with E-state index in [1.807, 2.05) is 56.3 Å². The summed E-state index contributed by atoms with van der Waals surface area (Å²) in [6.45, 7) is 4.83. The lowest BCUT2D eigenvalue weighted by Crippen LogP contribution is -2.51. The van der Waals surface area contributed by atoms with Gasteiger partial charge < -0.3 is 21.1 Å². The van der Waals surface area contributed by atoms with Gasteiger partial charge in [-0.15, -0.1) is 0 Å². The second-order valence-corrected chi connectivity index (χ2v) is 8.02. The minimum atomic E-state index is -1.04. The molecule has 1 unspecified atom stereocenters. The van der Waals surface area contributed by atoms with Crippen molar-refractivity contribution < 1.29 is 19.5 Å². The summed E-state index contributed by atoms with van der Waals surface area (Å²) in [5.74, 6) is -1.54. The molecule has 0 bridgehead atoms. The fraction of sp³-hybridized carbons (Fsp3) is 0.250. The monoisotopic (exact) mass is 473 g/mol. The number of carboxylic acid groups (broad SMARTS) is 1. The highest BCUT2D eigenvalue weighted by Gasteiger charge is 2.34. The van der Waals surface area contributed by atoms with Crippen LogP contribution in [-0.2, 0) is 24.2 Å². The second kappa shape index (κ2) is 11.9. The summed E-state index contributed by atoms with van der Waals surface area (Å²) in [7, 11) is 0. The molecular weight excluding hydrogens is 442 g/mol. The Bertz CT molecular complexity index is 1180. The van der Waals surface area contributed by atoms with Gasteiger partial charge in [0, 0.05) is 30.8 Å². The van der Waals surface area contributed by atoms with Gasteiger partial charge in [0.15, 0.2) is 0 Å². The number of carboxylic acids is 1. The molecule has 7 heteroatoms. The molecule has 1 aliphatic rings. The van der Waals surface area contributed by atoms with Crippen molar-refractivity contribution in [2.24, 2.45) is 5.73 Å². The molecule has 4 N–H and O–H groups in total. The van der Waals surface area contributed by atoms with E-state index in [0.717, 1.165) is 16.7 Å². The zero-order valence-corrected chi connectivity index (χ0v) is 20.0. The first kappa shape index (κ1) is 25.6. The fourth-order valence-corrected chi connectivity index (χ4v) is 4.09. The van der Waals surface area contributed by atoms with Crippen LogP contribution in [0.2, 0.25) is 0 Å². The van der Waals surface area contributed by atoms with E-state index < -0.39 is 12.0 Å².